The molecule has 1 aromatic carbocycles. The maximum absolute atomic E-state index is 11.9. The largest absolute Gasteiger partial charge is 0.355 e. The van der Waals surface area contributed by atoms with Crippen LogP contribution in [-0.4, -0.2) is 27.9 Å². The predicted octanol–water partition coefficient (Wildman–Crippen LogP) is 3.00. The monoisotopic (exact) mass is 313 g/mol. The molecule has 0 aliphatic rings. The zero-order valence-corrected chi connectivity index (χ0v) is 12.8. The van der Waals surface area contributed by atoms with Crippen LogP contribution in [0.1, 0.15) is 19.2 Å². The van der Waals surface area contributed by atoms with Gasteiger partial charge in [0.05, 0.1) is 10.5 Å². The van der Waals surface area contributed by atoms with Crippen LogP contribution in [0.3, 0.4) is 0 Å². The average Bonchev–Trinajstić information content (AvgIpc) is 2.77. The maximum atomic E-state index is 11.9. The van der Waals surface area contributed by atoms with Gasteiger partial charge < -0.3 is 9.88 Å². The molecule has 108 valence electrons. The van der Waals surface area contributed by atoms with E-state index in [0.29, 0.717) is 23.9 Å². The van der Waals surface area contributed by atoms with Gasteiger partial charge in [-0.2, -0.15) is 0 Å². The molecule has 1 heterocycles. The Morgan fingerprint density at radius 3 is 2.95 bits per heavy atom. The molecule has 0 unspecified atom stereocenters. The van der Waals surface area contributed by atoms with E-state index in [2.05, 4.69) is 10.3 Å². The highest BCUT2D eigenvalue weighted by molar-refractivity contribution is 6.34. The molecule has 0 fully saturated rings. The number of alkyl halides is 1. The van der Waals surface area contributed by atoms with E-state index >= 15 is 0 Å². The molecule has 0 radical (unpaired) electrons. The molecule has 6 heteroatoms. The van der Waals surface area contributed by atoms with E-state index in [0.717, 1.165) is 23.3 Å². The highest BCUT2D eigenvalue weighted by Crippen LogP contribution is 2.24. The van der Waals surface area contributed by atoms with Crippen LogP contribution in [0.15, 0.2) is 18.2 Å². The van der Waals surface area contributed by atoms with Gasteiger partial charge in [0.2, 0.25) is 5.91 Å². The van der Waals surface area contributed by atoms with E-state index in [9.17, 15) is 4.79 Å². The quantitative estimate of drug-likeness (QED) is 0.833. The van der Waals surface area contributed by atoms with Crippen molar-refractivity contribution in [2.24, 2.45) is 0 Å². The van der Waals surface area contributed by atoms with Gasteiger partial charge in [-0.1, -0.05) is 24.6 Å². The van der Waals surface area contributed by atoms with Crippen LogP contribution in [0.4, 0.5) is 0 Å². The number of aromatic nitrogens is 2. The minimum absolute atomic E-state index is 0.0260. The second kappa shape index (κ2) is 6.95. The van der Waals surface area contributed by atoms with Crippen LogP contribution in [0.2, 0.25) is 5.02 Å². The summed E-state index contributed by atoms with van der Waals surface area (Å²) in [6.07, 6.45) is 1.52. The van der Waals surface area contributed by atoms with Crippen molar-refractivity contribution >= 4 is 40.1 Å². The first-order chi connectivity index (χ1) is 9.67. The summed E-state index contributed by atoms with van der Waals surface area (Å²) in [6, 6.07) is 5.57. The van der Waals surface area contributed by atoms with Gasteiger partial charge in [0.1, 0.15) is 17.9 Å². The lowest BCUT2D eigenvalue weighted by atomic mass is 10.3. The summed E-state index contributed by atoms with van der Waals surface area (Å²) >= 11 is 12.0. The number of hydrogen-bond donors (Lipinski definition) is 1. The fourth-order valence-corrected chi connectivity index (χ4v) is 2.46. The summed E-state index contributed by atoms with van der Waals surface area (Å²) in [4.78, 5) is 16.4. The third kappa shape index (κ3) is 3.25. The number of benzene rings is 1. The Balaban J connectivity index is 2.36. The Kier molecular flexibility index (Phi) is 5.26. The number of hydrogen-bond acceptors (Lipinski definition) is 2. The first-order valence-electron chi connectivity index (χ1n) is 6.63. The molecule has 0 saturated carbocycles. The van der Waals surface area contributed by atoms with Crippen LogP contribution in [0.5, 0.6) is 0 Å². The van der Waals surface area contributed by atoms with Crippen molar-refractivity contribution in [3.8, 4) is 0 Å². The summed E-state index contributed by atoms with van der Waals surface area (Å²) in [5.41, 5.74) is 1.59. The Hall–Kier alpha value is -1.26. The molecule has 1 aromatic heterocycles. The van der Waals surface area contributed by atoms with Crippen molar-refractivity contribution in [3.05, 3.63) is 29.0 Å². The van der Waals surface area contributed by atoms with Gasteiger partial charge >= 0.3 is 0 Å². The molecular weight excluding hydrogens is 297 g/mol. The fraction of sp³-hybridized carbons (Fsp3) is 0.429. The molecule has 0 spiro atoms. The number of imidazole rings is 1. The molecule has 20 heavy (non-hydrogen) atoms. The van der Waals surface area contributed by atoms with Gasteiger partial charge in [0.15, 0.2) is 0 Å². The zero-order valence-electron chi connectivity index (χ0n) is 11.3. The molecule has 2 rings (SSSR count). The van der Waals surface area contributed by atoms with Crippen LogP contribution >= 0.6 is 23.2 Å². The van der Waals surface area contributed by atoms with E-state index in [4.69, 9.17) is 23.2 Å². The summed E-state index contributed by atoms with van der Waals surface area (Å²) in [6.45, 7) is 2.94. The Morgan fingerprint density at radius 1 is 1.45 bits per heavy atom. The summed E-state index contributed by atoms with van der Waals surface area (Å²) in [7, 11) is 0. The summed E-state index contributed by atoms with van der Waals surface area (Å²) in [5.74, 6) is 1.22. The maximum Gasteiger partial charge on any atom is 0.240 e. The number of nitrogens with one attached hydrogen (secondary N) is 1. The number of nitrogens with zero attached hydrogens (tertiary/aromatic N) is 2. The topological polar surface area (TPSA) is 46.9 Å². The minimum Gasteiger partial charge on any atom is -0.355 e. The number of amides is 1. The highest BCUT2D eigenvalue weighted by atomic mass is 35.5. The standard InChI is InChI=1S/C14H17Cl2N3O/c1-2-8-17-13(20)9-19-11-5-3-4-10(16)14(11)18-12(19)6-7-15/h3-5H,2,6-9H2,1H3,(H,17,20). The van der Waals surface area contributed by atoms with Crippen molar-refractivity contribution in [1.29, 1.82) is 0 Å². The number of rotatable bonds is 6. The molecule has 0 saturated heterocycles. The number of fused-ring (bicyclic) bond motifs is 1. The first-order valence-corrected chi connectivity index (χ1v) is 7.55. The second-order valence-electron chi connectivity index (χ2n) is 4.51. The van der Waals surface area contributed by atoms with Gasteiger partial charge in [-0.25, -0.2) is 4.98 Å². The Morgan fingerprint density at radius 2 is 2.25 bits per heavy atom. The smallest absolute Gasteiger partial charge is 0.240 e. The number of para-hydroxylation sites is 1. The van der Waals surface area contributed by atoms with Gasteiger partial charge in [0.25, 0.3) is 0 Å². The number of carbonyl (C=O) groups is 1. The minimum atomic E-state index is -0.0260. The second-order valence-corrected chi connectivity index (χ2v) is 5.30. The number of carbonyl (C=O) groups excluding carboxylic acids is 1. The normalized spacial score (nSPS) is 10.9. The van der Waals surface area contributed by atoms with Crippen molar-refractivity contribution in [1.82, 2.24) is 14.9 Å². The van der Waals surface area contributed by atoms with E-state index in [1.165, 1.54) is 0 Å². The Bertz CT molecular complexity index is 610. The Labute approximate surface area is 128 Å². The summed E-state index contributed by atoms with van der Waals surface area (Å²) < 4.78 is 1.88. The van der Waals surface area contributed by atoms with E-state index in [1.807, 2.05) is 23.6 Å². The van der Waals surface area contributed by atoms with Crippen molar-refractivity contribution in [2.45, 2.75) is 26.3 Å². The SMILES string of the molecule is CCCNC(=O)Cn1c(CCCl)nc2c(Cl)cccc21. The lowest BCUT2D eigenvalue weighted by Crippen LogP contribution is -2.28. The lowest BCUT2D eigenvalue weighted by molar-refractivity contribution is -0.121. The highest BCUT2D eigenvalue weighted by Gasteiger charge is 2.14. The number of halogens is 2. The van der Waals surface area contributed by atoms with Crippen LogP contribution in [0.25, 0.3) is 11.0 Å². The van der Waals surface area contributed by atoms with E-state index < -0.39 is 0 Å². The predicted molar refractivity (Wildman–Crippen MR) is 82.5 cm³/mol. The molecule has 0 aliphatic heterocycles. The molecule has 0 bridgehead atoms. The fourth-order valence-electron chi connectivity index (χ4n) is 2.08. The van der Waals surface area contributed by atoms with Gasteiger partial charge in [0, 0.05) is 18.8 Å². The molecule has 0 aliphatic carbocycles. The number of aryl methyl sites for hydroxylation is 1. The zero-order chi connectivity index (χ0) is 14.5. The van der Waals surface area contributed by atoms with Gasteiger partial charge in [-0.15, -0.1) is 11.6 Å². The third-order valence-corrected chi connectivity index (χ3v) is 3.49. The van der Waals surface area contributed by atoms with Crippen molar-refractivity contribution in [2.75, 3.05) is 12.4 Å². The van der Waals surface area contributed by atoms with Gasteiger partial charge in [-0.3, -0.25) is 4.79 Å². The molecule has 0 atom stereocenters. The molecule has 1 amide bonds. The molecule has 1 N–H and O–H groups in total. The molecule has 2 aromatic rings. The van der Waals surface area contributed by atoms with E-state index in [1.54, 1.807) is 6.07 Å². The van der Waals surface area contributed by atoms with Crippen LogP contribution < -0.4 is 5.32 Å². The third-order valence-electron chi connectivity index (χ3n) is 3.00. The lowest BCUT2D eigenvalue weighted by Gasteiger charge is -2.09. The molecular formula is C14H17Cl2N3O. The van der Waals surface area contributed by atoms with Crippen LogP contribution in [0, 0.1) is 0 Å². The van der Waals surface area contributed by atoms with E-state index in [-0.39, 0.29) is 12.5 Å². The van der Waals surface area contributed by atoms with Gasteiger partial charge in [-0.05, 0) is 18.6 Å². The van der Waals surface area contributed by atoms with Crippen molar-refractivity contribution < 1.29 is 4.79 Å². The van der Waals surface area contributed by atoms with Crippen LogP contribution in [-0.2, 0) is 17.8 Å². The summed E-state index contributed by atoms with van der Waals surface area (Å²) in [5, 5.41) is 3.45. The molecule has 4 nitrogen and oxygen atoms in total. The van der Waals surface area contributed by atoms with Crippen molar-refractivity contribution in [3.63, 3.8) is 0 Å². The average molecular weight is 314 g/mol. The first kappa shape index (κ1) is 15.1.